The summed E-state index contributed by atoms with van der Waals surface area (Å²) >= 11 is 0. The zero-order chi connectivity index (χ0) is 12.3. The summed E-state index contributed by atoms with van der Waals surface area (Å²) in [4.78, 5) is 39.4. The SMILES string of the molecule is O=CN1CCN(C(=O)c2cc[nH]c(=O)c2)CC1. The van der Waals surface area contributed by atoms with Crippen LogP contribution < -0.4 is 5.56 Å². The van der Waals surface area contributed by atoms with Gasteiger partial charge in [-0.2, -0.15) is 0 Å². The first-order valence-corrected chi connectivity index (χ1v) is 5.38. The van der Waals surface area contributed by atoms with E-state index in [4.69, 9.17) is 0 Å². The summed E-state index contributed by atoms with van der Waals surface area (Å²) in [6.45, 7) is 2.09. The van der Waals surface area contributed by atoms with E-state index in [1.54, 1.807) is 15.9 Å². The van der Waals surface area contributed by atoms with Gasteiger partial charge in [0.25, 0.3) is 5.91 Å². The van der Waals surface area contributed by atoms with Crippen LogP contribution in [0.2, 0.25) is 0 Å². The van der Waals surface area contributed by atoms with Crippen molar-refractivity contribution in [1.29, 1.82) is 0 Å². The van der Waals surface area contributed by atoms with Crippen LogP contribution in [-0.4, -0.2) is 53.3 Å². The van der Waals surface area contributed by atoms with Crippen LogP contribution in [0, 0.1) is 0 Å². The predicted octanol–water partition coefficient (Wildman–Crippen LogP) is -0.711. The molecule has 0 aromatic carbocycles. The van der Waals surface area contributed by atoms with Crippen molar-refractivity contribution in [3.05, 3.63) is 34.2 Å². The molecule has 0 bridgehead atoms. The fraction of sp³-hybridized carbons (Fsp3) is 0.364. The van der Waals surface area contributed by atoms with Crippen LogP contribution in [0.5, 0.6) is 0 Å². The second kappa shape index (κ2) is 4.82. The Hall–Kier alpha value is -2.11. The van der Waals surface area contributed by atoms with Gasteiger partial charge in [-0.1, -0.05) is 0 Å². The summed E-state index contributed by atoms with van der Waals surface area (Å²) in [6.07, 6.45) is 2.24. The number of aromatic amines is 1. The van der Waals surface area contributed by atoms with Crippen LogP contribution in [0.4, 0.5) is 0 Å². The molecule has 6 heteroatoms. The Kier molecular flexibility index (Phi) is 3.22. The molecule has 0 aliphatic carbocycles. The molecule has 2 rings (SSSR count). The highest BCUT2D eigenvalue weighted by Gasteiger charge is 2.21. The zero-order valence-electron chi connectivity index (χ0n) is 9.26. The first-order chi connectivity index (χ1) is 8.20. The topological polar surface area (TPSA) is 73.5 Å². The third kappa shape index (κ3) is 2.52. The second-order valence-electron chi connectivity index (χ2n) is 3.88. The number of aromatic nitrogens is 1. The van der Waals surface area contributed by atoms with Gasteiger partial charge in [-0.15, -0.1) is 0 Å². The number of amides is 2. The minimum Gasteiger partial charge on any atom is -0.342 e. The maximum Gasteiger partial charge on any atom is 0.254 e. The molecule has 1 aliphatic rings. The molecule has 1 aromatic rings. The molecule has 2 heterocycles. The first kappa shape index (κ1) is 11.4. The van der Waals surface area contributed by atoms with E-state index in [1.165, 1.54) is 12.3 Å². The Balaban J connectivity index is 2.06. The Morgan fingerprint density at radius 2 is 2.00 bits per heavy atom. The Morgan fingerprint density at radius 3 is 2.59 bits per heavy atom. The molecule has 90 valence electrons. The van der Waals surface area contributed by atoms with Gasteiger partial charge in [0.1, 0.15) is 0 Å². The summed E-state index contributed by atoms with van der Waals surface area (Å²) in [5.74, 6) is -0.165. The third-order valence-electron chi connectivity index (χ3n) is 2.77. The van der Waals surface area contributed by atoms with Gasteiger partial charge < -0.3 is 14.8 Å². The number of nitrogens with zero attached hydrogens (tertiary/aromatic N) is 2. The average molecular weight is 235 g/mol. The van der Waals surface area contributed by atoms with E-state index >= 15 is 0 Å². The molecule has 1 saturated heterocycles. The second-order valence-corrected chi connectivity index (χ2v) is 3.88. The maximum atomic E-state index is 12.0. The molecule has 1 aromatic heterocycles. The maximum absolute atomic E-state index is 12.0. The minimum atomic E-state index is -0.289. The van der Waals surface area contributed by atoms with E-state index in [-0.39, 0.29) is 11.5 Å². The number of carbonyl (C=O) groups is 2. The van der Waals surface area contributed by atoms with Crippen molar-refractivity contribution in [3.63, 3.8) is 0 Å². The monoisotopic (exact) mass is 235 g/mol. The van der Waals surface area contributed by atoms with Gasteiger partial charge >= 0.3 is 0 Å². The predicted molar refractivity (Wildman–Crippen MR) is 60.6 cm³/mol. The highest BCUT2D eigenvalue weighted by Crippen LogP contribution is 2.05. The van der Waals surface area contributed by atoms with Crippen molar-refractivity contribution < 1.29 is 9.59 Å². The van der Waals surface area contributed by atoms with E-state index in [9.17, 15) is 14.4 Å². The van der Waals surface area contributed by atoms with Crippen molar-refractivity contribution in [3.8, 4) is 0 Å². The minimum absolute atomic E-state index is 0.165. The lowest BCUT2D eigenvalue weighted by Gasteiger charge is -2.32. The standard InChI is InChI=1S/C11H13N3O3/c15-8-13-3-5-14(6-4-13)11(17)9-1-2-12-10(16)7-9/h1-2,7-8H,3-6H2,(H,12,16). The quantitative estimate of drug-likeness (QED) is 0.688. The van der Waals surface area contributed by atoms with Crippen LogP contribution >= 0.6 is 0 Å². The van der Waals surface area contributed by atoms with Gasteiger partial charge in [0.05, 0.1) is 0 Å². The number of rotatable bonds is 2. The molecule has 0 atom stereocenters. The van der Waals surface area contributed by atoms with Gasteiger partial charge in [-0.25, -0.2) is 0 Å². The summed E-state index contributed by atoms with van der Waals surface area (Å²) in [7, 11) is 0. The van der Waals surface area contributed by atoms with E-state index in [2.05, 4.69) is 4.98 Å². The molecule has 2 amide bonds. The van der Waals surface area contributed by atoms with E-state index in [0.29, 0.717) is 31.7 Å². The van der Waals surface area contributed by atoms with Gasteiger partial charge in [-0.05, 0) is 6.07 Å². The number of nitrogens with one attached hydrogen (secondary N) is 1. The fourth-order valence-electron chi connectivity index (χ4n) is 1.79. The van der Waals surface area contributed by atoms with Gasteiger partial charge in [0.2, 0.25) is 12.0 Å². The lowest BCUT2D eigenvalue weighted by molar-refractivity contribution is -0.119. The summed E-state index contributed by atoms with van der Waals surface area (Å²) < 4.78 is 0. The molecule has 0 radical (unpaired) electrons. The largest absolute Gasteiger partial charge is 0.342 e. The summed E-state index contributed by atoms with van der Waals surface area (Å²) in [5.41, 5.74) is 0.0932. The number of piperazine rings is 1. The third-order valence-corrected chi connectivity index (χ3v) is 2.77. The summed E-state index contributed by atoms with van der Waals surface area (Å²) in [5, 5.41) is 0. The highest BCUT2D eigenvalue weighted by atomic mass is 16.2. The van der Waals surface area contributed by atoms with Crippen LogP contribution in [0.25, 0.3) is 0 Å². The van der Waals surface area contributed by atoms with Crippen molar-refractivity contribution in [1.82, 2.24) is 14.8 Å². The van der Waals surface area contributed by atoms with Crippen LogP contribution in [0.1, 0.15) is 10.4 Å². The van der Waals surface area contributed by atoms with E-state index in [0.717, 1.165) is 6.41 Å². The van der Waals surface area contributed by atoms with Crippen molar-refractivity contribution in [2.45, 2.75) is 0 Å². The average Bonchev–Trinajstić information content (AvgIpc) is 2.38. The normalized spacial score (nSPS) is 15.8. The lowest BCUT2D eigenvalue weighted by atomic mass is 10.2. The molecule has 1 fully saturated rings. The van der Waals surface area contributed by atoms with Crippen molar-refractivity contribution in [2.75, 3.05) is 26.2 Å². The number of hydrogen-bond donors (Lipinski definition) is 1. The number of pyridine rings is 1. The van der Waals surface area contributed by atoms with Crippen LogP contribution in [-0.2, 0) is 4.79 Å². The van der Waals surface area contributed by atoms with E-state index in [1.807, 2.05) is 0 Å². The molecule has 1 aliphatic heterocycles. The van der Waals surface area contributed by atoms with Gasteiger partial charge in [0.15, 0.2) is 0 Å². The Bertz CT molecular complexity index is 475. The molecule has 0 spiro atoms. The zero-order valence-corrected chi connectivity index (χ0v) is 9.26. The van der Waals surface area contributed by atoms with Crippen molar-refractivity contribution >= 4 is 12.3 Å². The molecule has 0 unspecified atom stereocenters. The van der Waals surface area contributed by atoms with Crippen LogP contribution in [0.15, 0.2) is 23.1 Å². The van der Waals surface area contributed by atoms with Gasteiger partial charge in [0, 0.05) is 44.0 Å². The number of hydrogen-bond acceptors (Lipinski definition) is 3. The molecule has 1 N–H and O–H groups in total. The first-order valence-electron chi connectivity index (χ1n) is 5.38. The fourth-order valence-corrected chi connectivity index (χ4v) is 1.79. The summed E-state index contributed by atoms with van der Waals surface area (Å²) in [6, 6.07) is 2.87. The van der Waals surface area contributed by atoms with Gasteiger partial charge in [-0.3, -0.25) is 14.4 Å². The Labute approximate surface area is 97.8 Å². The van der Waals surface area contributed by atoms with Crippen molar-refractivity contribution in [2.24, 2.45) is 0 Å². The van der Waals surface area contributed by atoms with Crippen LogP contribution in [0.3, 0.4) is 0 Å². The number of H-pyrrole nitrogens is 1. The molecule has 0 saturated carbocycles. The highest BCUT2D eigenvalue weighted by molar-refractivity contribution is 5.94. The molecular weight excluding hydrogens is 222 g/mol. The molecule has 6 nitrogen and oxygen atoms in total. The van der Waals surface area contributed by atoms with E-state index < -0.39 is 0 Å². The molecular formula is C11H13N3O3. The lowest BCUT2D eigenvalue weighted by Crippen LogP contribution is -2.48. The Morgan fingerprint density at radius 1 is 1.29 bits per heavy atom. The smallest absolute Gasteiger partial charge is 0.254 e. The number of carbonyl (C=O) groups excluding carboxylic acids is 2. The molecule has 17 heavy (non-hydrogen) atoms.